The maximum absolute atomic E-state index is 12.6. The molecule has 6 heteroatoms. The molecule has 138 valence electrons. The second-order valence-electron chi connectivity index (χ2n) is 6.59. The van der Waals surface area contributed by atoms with Crippen LogP contribution in [0.25, 0.3) is 11.5 Å². The number of rotatable bonds is 5. The largest absolute Gasteiger partial charge is 0.496 e. The molecule has 0 aliphatic carbocycles. The molecular weight excluding hydrogens is 342 g/mol. The van der Waals surface area contributed by atoms with Gasteiger partial charge in [0.2, 0.25) is 5.91 Å². The van der Waals surface area contributed by atoms with Crippen molar-refractivity contribution in [3.63, 3.8) is 0 Å². The Labute approximate surface area is 157 Å². The van der Waals surface area contributed by atoms with Gasteiger partial charge >= 0.3 is 0 Å². The number of aromatic nitrogens is 2. The van der Waals surface area contributed by atoms with E-state index in [0.29, 0.717) is 30.4 Å². The first kappa shape index (κ1) is 17.3. The summed E-state index contributed by atoms with van der Waals surface area (Å²) < 4.78 is 10.8. The van der Waals surface area contributed by atoms with Crippen molar-refractivity contribution in [2.45, 2.75) is 25.7 Å². The predicted molar refractivity (Wildman–Crippen MR) is 102 cm³/mol. The Kier molecular flexibility index (Phi) is 4.62. The lowest BCUT2D eigenvalue weighted by atomic mass is 10.1. The number of carbonyl (C=O) groups excluding carboxylic acids is 1. The van der Waals surface area contributed by atoms with Crippen molar-refractivity contribution in [1.82, 2.24) is 10.1 Å². The highest BCUT2D eigenvalue weighted by atomic mass is 16.5. The molecule has 1 unspecified atom stereocenters. The van der Waals surface area contributed by atoms with Crippen LogP contribution in [0.5, 0.6) is 5.75 Å². The van der Waals surface area contributed by atoms with Gasteiger partial charge in [0.25, 0.3) is 5.89 Å². The summed E-state index contributed by atoms with van der Waals surface area (Å²) >= 11 is 0. The maximum atomic E-state index is 12.6. The van der Waals surface area contributed by atoms with Gasteiger partial charge in [0, 0.05) is 24.6 Å². The highest BCUT2D eigenvalue weighted by Gasteiger charge is 2.34. The fourth-order valence-corrected chi connectivity index (χ4v) is 3.41. The first-order valence-electron chi connectivity index (χ1n) is 9.06. The molecule has 6 nitrogen and oxygen atoms in total. The first-order valence-corrected chi connectivity index (χ1v) is 9.06. The van der Waals surface area contributed by atoms with Crippen molar-refractivity contribution in [1.29, 1.82) is 0 Å². The molecule has 1 atom stereocenters. The average Bonchev–Trinajstić information content (AvgIpc) is 3.35. The summed E-state index contributed by atoms with van der Waals surface area (Å²) in [5, 5.41) is 4.13. The first-order chi connectivity index (χ1) is 13.2. The molecule has 0 N–H and O–H groups in total. The molecule has 0 bridgehead atoms. The van der Waals surface area contributed by atoms with E-state index in [2.05, 4.69) is 29.2 Å². The van der Waals surface area contributed by atoms with E-state index in [1.165, 1.54) is 5.56 Å². The molecule has 1 saturated heterocycles. The van der Waals surface area contributed by atoms with Crippen LogP contribution in [0, 0.1) is 0 Å². The monoisotopic (exact) mass is 363 g/mol. The van der Waals surface area contributed by atoms with E-state index in [9.17, 15) is 4.79 Å². The lowest BCUT2D eigenvalue weighted by molar-refractivity contribution is -0.117. The summed E-state index contributed by atoms with van der Waals surface area (Å²) in [6, 6.07) is 15.6. The second kappa shape index (κ2) is 7.23. The SMILES string of the molecule is CCc1cccc(N2CC(c3noc(-c4ccccc4OC)n3)CC2=O)c1. The van der Waals surface area contributed by atoms with E-state index in [1.807, 2.05) is 41.3 Å². The molecule has 0 radical (unpaired) electrons. The molecule has 1 amide bonds. The van der Waals surface area contributed by atoms with Gasteiger partial charge in [-0.1, -0.05) is 36.3 Å². The number of anilines is 1. The number of benzene rings is 2. The number of ether oxygens (including phenoxy) is 1. The van der Waals surface area contributed by atoms with Crippen molar-refractivity contribution < 1.29 is 14.1 Å². The number of para-hydroxylation sites is 1. The minimum Gasteiger partial charge on any atom is -0.496 e. The zero-order valence-corrected chi connectivity index (χ0v) is 15.4. The highest BCUT2D eigenvalue weighted by Crippen LogP contribution is 2.33. The molecule has 1 aliphatic heterocycles. The van der Waals surface area contributed by atoms with Crippen LogP contribution in [0.1, 0.15) is 30.7 Å². The molecular formula is C21H21N3O3. The van der Waals surface area contributed by atoms with Crippen LogP contribution in [0.4, 0.5) is 5.69 Å². The second-order valence-corrected chi connectivity index (χ2v) is 6.59. The van der Waals surface area contributed by atoms with Crippen molar-refractivity contribution in [3.8, 4) is 17.2 Å². The quantitative estimate of drug-likeness (QED) is 0.689. The fraction of sp³-hybridized carbons (Fsp3) is 0.286. The van der Waals surface area contributed by atoms with Crippen LogP contribution in [0.2, 0.25) is 0 Å². The van der Waals surface area contributed by atoms with Gasteiger partial charge in [0.15, 0.2) is 5.82 Å². The van der Waals surface area contributed by atoms with E-state index >= 15 is 0 Å². The standard InChI is InChI=1S/C21H21N3O3/c1-3-14-7-6-8-16(11-14)24-13-15(12-19(24)25)20-22-21(27-23-20)17-9-4-5-10-18(17)26-2/h4-11,15H,3,12-13H2,1-2H3. The number of aryl methyl sites for hydroxylation is 1. The third-order valence-corrected chi connectivity index (χ3v) is 4.90. The Balaban J connectivity index is 1.57. The number of hydrogen-bond donors (Lipinski definition) is 0. The van der Waals surface area contributed by atoms with Gasteiger partial charge in [-0.25, -0.2) is 0 Å². The number of nitrogens with zero attached hydrogens (tertiary/aromatic N) is 3. The third kappa shape index (κ3) is 3.30. The zero-order valence-electron chi connectivity index (χ0n) is 15.4. The predicted octanol–water partition coefficient (Wildman–Crippen LogP) is 3.83. The summed E-state index contributed by atoms with van der Waals surface area (Å²) in [6.07, 6.45) is 1.31. The minimum absolute atomic E-state index is 0.0805. The van der Waals surface area contributed by atoms with Crippen molar-refractivity contribution in [2.75, 3.05) is 18.6 Å². The summed E-state index contributed by atoms with van der Waals surface area (Å²) in [5.74, 6) is 1.62. The van der Waals surface area contributed by atoms with Crippen molar-refractivity contribution in [3.05, 3.63) is 59.9 Å². The molecule has 1 aliphatic rings. The maximum Gasteiger partial charge on any atom is 0.261 e. The average molecular weight is 363 g/mol. The van der Waals surface area contributed by atoms with Crippen LogP contribution < -0.4 is 9.64 Å². The van der Waals surface area contributed by atoms with Gasteiger partial charge in [-0.2, -0.15) is 4.98 Å². The van der Waals surface area contributed by atoms with Gasteiger partial charge in [-0.05, 0) is 36.2 Å². The molecule has 1 fully saturated rings. The van der Waals surface area contributed by atoms with Gasteiger partial charge in [-0.3, -0.25) is 4.79 Å². The topological polar surface area (TPSA) is 68.5 Å². The smallest absolute Gasteiger partial charge is 0.261 e. The number of methoxy groups -OCH3 is 1. The fourth-order valence-electron chi connectivity index (χ4n) is 3.41. The Hall–Kier alpha value is -3.15. The van der Waals surface area contributed by atoms with Gasteiger partial charge in [0.1, 0.15) is 5.75 Å². The van der Waals surface area contributed by atoms with Crippen LogP contribution >= 0.6 is 0 Å². The van der Waals surface area contributed by atoms with Crippen LogP contribution in [-0.4, -0.2) is 29.7 Å². The summed E-state index contributed by atoms with van der Waals surface area (Å²) in [5.41, 5.74) is 2.88. The van der Waals surface area contributed by atoms with E-state index in [-0.39, 0.29) is 11.8 Å². The summed E-state index contributed by atoms with van der Waals surface area (Å²) in [7, 11) is 1.61. The number of hydrogen-bond acceptors (Lipinski definition) is 5. The van der Waals surface area contributed by atoms with Gasteiger partial charge < -0.3 is 14.2 Å². The van der Waals surface area contributed by atoms with Gasteiger partial charge in [0.05, 0.1) is 12.7 Å². The van der Waals surface area contributed by atoms with Crippen LogP contribution in [0.3, 0.4) is 0 Å². The van der Waals surface area contributed by atoms with Crippen molar-refractivity contribution in [2.24, 2.45) is 0 Å². The van der Waals surface area contributed by atoms with Gasteiger partial charge in [-0.15, -0.1) is 0 Å². The normalized spacial score (nSPS) is 16.7. The lowest BCUT2D eigenvalue weighted by Crippen LogP contribution is -2.24. The highest BCUT2D eigenvalue weighted by molar-refractivity contribution is 5.96. The summed E-state index contributed by atoms with van der Waals surface area (Å²) in [6.45, 7) is 2.66. The Morgan fingerprint density at radius 3 is 2.89 bits per heavy atom. The lowest BCUT2D eigenvalue weighted by Gasteiger charge is -2.17. The van der Waals surface area contributed by atoms with Crippen molar-refractivity contribution >= 4 is 11.6 Å². The van der Waals surface area contributed by atoms with E-state index < -0.39 is 0 Å². The Morgan fingerprint density at radius 1 is 1.22 bits per heavy atom. The van der Waals surface area contributed by atoms with E-state index in [4.69, 9.17) is 9.26 Å². The third-order valence-electron chi connectivity index (χ3n) is 4.90. The zero-order chi connectivity index (χ0) is 18.8. The molecule has 0 saturated carbocycles. The minimum atomic E-state index is -0.0880. The Morgan fingerprint density at radius 2 is 2.07 bits per heavy atom. The number of amides is 1. The van der Waals surface area contributed by atoms with Crippen LogP contribution in [0.15, 0.2) is 53.1 Å². The van der Waals surface area contributed by atoms with Crippen LogP contribution in [-0.2, 0) is 11.2 Å². The molecule has 1 aromatic heterocycles. The molecule has 27 heavy (non-hydrogen) atoms. The molecule has 4 rings (SSSR count). The number of carbonyl (C=O) groups is 1. The summed E-state index contributed by atoms with van der Waals surface area (Å²) in [4.78, 5) is 18.9. The molecule has 3 aromatic rings. The molecule has 0 spiro atoms. The molecule has 2 heterocycles. The van der Waals surface area contributed by atoms with E-state index in [0.717, 1.165) is 17.7 Å². The molecule has 2 aromatic carbocycles. The van der Waals surface area contributed by atoms with E-state index in [1.54, 1.807) is 7.11 Å². The Bertz CT molecular complexity index is 967.